The number of carboxylic acid groups (broad SMARTS) is 1. The second kappa shape index (κ2) is 16.8. The average Bonchev–Trinajstić information content (AvgIpc) is 3.08. The molecule has 0 saturated carbocycles. The van der Waals surface area contributed by atoms with Gasteiger partial charge in [-0.2, -0.15) is 0 Å². The van der Waals surface area contributed by atoms with Gasteiger partial charge in [-0.1, -0.05) is 55.0 Å². The fourth-order valence-corrected chi connectivity index (χ4v) is 2.75. The number of aryl methyl sites for hydroxylation is 2. The summed E-state index contributed by atoms with van der Waals surface area (Å²) in [5.74, 6) is 0.394. The van der Waals surface area contributed by atoms with Crippen molar-refractivity contribution in [1.82, 2.24) is 9.97 Å². The van der Waals surface area contributed by atoms with Gasteiger partial charge in [0, 0.05) is 24.7 Å². The topological polar surface area (TPSA) is 66.0 Å². The second-order valence-electron chi connectivity index (χ2n) is 6.99. The summed E-state index contributed by atoms with van der Waals surface area (Å²) in [7, 11) is 0. The highest BCUT2D eigenvalue weighted by Gasteiger charge is 1.96. The molecule has 154 valence electrons. The summed E-state index contributed by atoms with van der Waals surface area (Å²) in [6.45, 7) is 2.04. The predicted octanol–water partition coefficient (Wildman–Crippen LogP) is 6.47. The molecule has 1 rings (SSSR count). The summed E-state index contributed by atoms with van der Waals surface area (Å²) in [5, 5.41) is 8.54. The molecule has 0 saturated heterocycles. The molecule has 4 heteroatoms. The number of nitrogens with zero attached hydrogens (tertiary/aromatic N) is 1. The van der Waals surface area contributed by atoms with Crippen LogP contribution < -0.4 is 0 Å². The molecule has 0 fully saturated rings. The fraction of sp³-hybridized carbons (Fsp3) is 0.500. The van der Waals surface area contributed by atoms with E-state index in [0.29, 0.717) is 0 Å². The SMILES string of the molecule is Cc1cnc(CCCCCC=CCC=CCC=CCC=CCCCC(=O)O)[nH]1. The molecule has 1 heterocycles. The van der Waals surface area contributed by atoms with Crippen molar-refractivity contribution in [2.75, 3.05) is 0 Å². The first-order valence-corrected chi connectivity index (χ1v) is 10.5. The Kier molecular flexibility index (Phi) is 14.2. The van der Waals surface area contributed by atoms with E-state index in [1.54, 1.807) is 0 Å². The smallest absolute Gasteiger partial charge is 0.303 e. The number of allylic oxidation sites excluding steroid dienone is 8. The molecule has 0 radical (unpaired) electrons. The van der Waals surface area contributed by atoms with E-state index in [2.05, 4.69) is 58.6 Å². The predicted molar refractivity (Wildman–Crippen MR) is 117 cm³/mol. The minimum Gasteiger partial charge on any atom is -0.481 e. The first-order chi connectivity index (χ1) is 13.7. The molecule has 0 aliphatic rings. The van der Waals surface area contributed by atoms with Gasteiger partial charge in [0.25, 0.3) is 0 Å². The largest absolute Gasteiger partial charge is 0.481 e. The van der Waals surface area contributed by atoms with Crippen molar-refractivity contribution < 1.29 is 9.90 Å². The molecule has 0 aliphatic carbocycles. The maximum atomic E-state index is 10.4. The quantitative estimate of drug-likeness (QED) is 0.253. The van der Waals surface area contributed by atoms with Crippen LogP contribution in [0.25, 0.3) is 0 Å². The van der Waals surface area contributed by atoms with Gasteiger partial charge in [-0.3, -0.25) is 4.79 Å². The zero-order chi connectivity index (χ0) is 20.3. The van der Waals surface area contributed by atoms with Crippen LogP contribution in [-0.4, -0.2) is 21.0 Å². The number of rotatable bonds is 16. The van der Waals surface area contributed by atoms with Crippen molar-refractivity contribution in [2.24, 2.45) is 0 Å². The minimum absolute atomic E-state index is 0.255. The molecule has 2 N–H and O–H groups in total. The number of nitrogens with one attached hydrogen (secondary N) is 1. The lowest BCUT2D eigenvalue weighted by Gasteiger charge is -1.97. The summed E-state index contributed by atoms with van der Waals surface area (Å²) in [5.41, 5.74) is 1.14. The monoisotopic (exact) mass is 384 g/mol. The molecule has 0 aromatic carbocycles. The van der Waals surface area contributed by atoms with Crippen LogP contribution in [0.3, 0.4) is 0 Å². The number of aromatic amines is 1. The fourth-order valence-electron chi connectivity index (χ4n) is 2.75. The Labute approximate surface area is 170 Å². The Bertz CT molecular complexity index is 639. The van der Waals surface area contributed by atoms with E-state index in [1.165, 1.54) is 19.3 Å². The summed E-state index contributed by atoms with van der Waals surface area (Å²) in [4.78, 5) is 18.0. The molecule has 0 bridgehead atoms. The number of hydrogen-bond acceptors (Lipinski definition) is 2. The maximum Gasteiger partial charge on any atom is 0.303 e. The van der Waals surface area contributed by atoms with Crippen LogP contribution in [0.1, 0.15) is 75.7 Å². The van der Waals surface area contributed by atoms with Crippen molar-refractivity contribution in [3.8, 4) is 0 Å². The number of H-pyrrole nitrogens is 1. The van der Waals surface area contributed by atoms with Gasteiger partial charge in [0.1, 0.15) is 5.82 Å². The van der Waals surface area contributed by atoms with Gasteiger partial charge in [0.2, 0.25) is 0 Å². The number of carboxylic acids is 1. The molecule has 0 unspecified atom stereocenters. The number of aliphatic carboxylic acids is 1. The molecule has 1 aromatic rings. The molecule has 0 spiro atoms. The van der Waals surface area contributed by atoms with Crippen molar-refractivity contribution in [2.45, 2.75) is 77.6 Å². The Hall–Kier alpha value is -2.36. The lowest BCUT2D eigenvalue weighted by Crippen LogP contribution is -1.92. The zero-order valence-corrected chi connectivity index (χ0v) is 17.3. The van der Waals surface area contributed by atoms with Gasteiger partial charge in [-0.25, -0.2) is 4.98 Å². The maximum absolute atomic E-state index is 10.4. The van der Waals surface area contributed by atoms with E-state index < -0.39 is 5.97 Å². The van der Waals surface area contributed by atoms with E-state index in [0.717, 1.165) is 56.5 Å². The van der Waals surface area contributed by atoms with Crippen molar-refractivity contribution in [3.63, 3.8) is 0 Å². The average molecular weight is 385 g/mol. The number of hydrogen-bond donors (Lipinski definition) is 2. The first-order valence-electron chi connectivity index (χ1n) is 10.5. The van der Waals surface area contributed by atoms with Gasteiger partial charge in [-0.05, 0) is 58.3 Å². The minimum atomic E-state index is -0.717. The Balaban J connectivity index is 1.88. The van der Waals surface area contributed by atoms with E-state index >= 15 is 0 Å². The van der Waals surface area contributed by atoms with E-state index in [9.17, 15) is 4.79 Å². The van der Waals surface area contributed by atoms with Gasteiger partial charge < -0.3 is 10.1 Å². The number of carbonyl (C=O) groups is 1. The van der Waals surface area contributed by atoms with Crippen molar-refractivity contribution in [1.29, 1.82) is 0 Å². The molecular weight excluding hydrogens is 348 g/mol. The molecule has 0 aliphatic heterocycles. The lowest BCUT2D eigenvalue weighted by atomic mass is 10.1. The Morgan fingerprint density at radius 1 is 0.893 bits per heavy atom. The van der Waals surface area contributed by atoms with Crippen LogP contribution in [0.15, 0.2) is 54.8 Å². The third-order valence-corrected chi connectivity index (χ3v) is 4.28. The second-order valence-corrected chi connectivity index (χ2v) is 6.99. The summed E-state index contributed by atoms with van der Waals surface area (Å²) >= 11 is 0. The van der Waals surface area contributed by atoms with Crippen molar-refractivity contribution in [3.05, 3.63) is 66.3 Å². The standard InChI is InChI=1S/C24H36N2O2/c1-22-21-25-23(26-22)19-17-15-13-11-9-7-5-3-2-4-6-8-10-12-14-16-18-20-24(27)28/h2-3,6-9,12,14,21H,4-5,10-11,13,15-20H2,1H3,(H,25,26)(H,27,28). The highest BCUT2D eigenvalue weighted by atomic mass is 16.4. The zero-order valence-electron chi connectivity index (χ0n) is 17.3. The Morgan fingerprint density at radius 3 is 2.00 bits per heavy atom. The Morgan fingerprint density at radius 2 is 1.46 bits per heavy atom. The highest BCUT2D eigenvalue weighted by molar-refractivity contribution is 5.66. The van der Waals surface area contributed by atoms with Crippen LogP contribution >= 0.6 is 0 Å². The number of aromatic nitrogens is 2. The third kappa shape index (κ3) is 14.8. The molecule has 0 amide bonds. The van der Waals surface area contributed by atoms with Crippen LogP contribution in [0.2, 0.25) is 0 Å². The summed E-state index contributed by atoms with van der Waals surface area (Å²) in [6.07, 6.45) is 29.9. The van der Waals surface area contributed by atoms with Crippen LogP contribution in [0, 0.1) is 6.92 Å². The molecule has 0 atom stereocenters. The normalized spacial score (nSPS) is 12.3. The van der Waals surface area contributed by atoms with E-state index in [4.69, 9.17) is 5.11 Å². The van der Waals surface area contributed by atoms with E-state index in [1.807, 2.05) is 13.1 Å². The molecule has 4 nitrogen and oxygen atoms in total. The van der Waals surface area contributed by atoms with Crippen LogP contribution in [0.5, 0.6) is 0 Å². The van der Waals surface area contributed by atoms with Crippen molar-refractivity contribution >= 4 is 5.97 Å². The first kappa shape index (κ1) is 23.7. The number of imidazole rings is 1. The van der Waals surface area contributed by atoms with Crippen LogP contribution in [-0.2, 0) is 11.2 Å². The van der Waals surface area contributed by atoms with Crippen LogP contribution in [0.4, 0.5) is 0 Å². The third-order valence-electron chi connectivity index (χ3n) is 4.28. The van der Waals surface area contributed by atoms with E-state index in [-0.39, 0.29) is 6.42 Å². The lowest BCUT2D eigenvalue weighted by molar-refractivity contribution is -0.137. The van der Waals surface area contributed by atoms with Gasteiger partial charge >= 0.3 is 5.97 Å². The molecule has 28 heavy (non-hydrogen) atoms. The molecule has 1 aromatic heterocycles. The van der Waals surface area contributed by atoms with Gasteiger partial charge in [0.05, 0.1) is 0 Å². The number of unbranched alkanes of at least 4 members (excludes halogenated alkanes) is 4. The summed E-state index contributed by atoms with van der Waals surface area (Å²) < 4.78 is 0. The summed E-state index contributed by atoms with van der Waals surface area (Å²) in [6, 6.07) is 0. The van der Waals surface area contributed by atoms with Gasteiger partial charge in [0.15, 0.2) is 0 Å². The highest BCUT2D eigenvalue weighted by Crippen LogP contribution is 2.06. The molecular formula is C24H36N2O2. The van der Waals surface area contributed by atoms with Gasteiger partial charge in [-0.15, -0.1) is 0 Å².